The summed E-state index contributed by atoms with van der Waals surface area (Å²) in [5.74, 6) is 0. The van der Waals surface area contributed by atoms with Crippen LogP contribution in [0.2, 0.25) is 0 Å². The van der Waals surface area contributed by atoms with E-state index >= 15 is 0 Å². The number of carbonyl (C=O) groups is 1. The fraction of sp³-hybridized carbons (Fsp3) is 0.917. The quantitative estimate of drug-likeness (QED) is 0.618. The van der Waals surface area contributed by atoms with Crippen LogP contribution in [0.5, 0.6) is 0 Å². The van der Waals surface area contributed by atoms with Crippen LogP contribution in [0.1, 0.15) is 39.5 Å². The van der Waals surface area contributed by atoms with Crippen molar-refractivity contribution < 1.29 is 4.79 Å². The molecule has 1 rings (SSSR count). The number of hydrogen-bond donors (Lipinski definition) is 2. The van der Waals surface area contributed by atoms with Crippen molar-refractivity contribution in [2.24, 2.45) is 0 Å². The molecule has 1 saturated heterocycles. The van der Waals surface area contributed by atoms with Gasteiger partial charge in [0, 0.05) is 32.2 Å². The second-order valence-corrected chi connectivity index (χ2v) is 4.57. The number of urea groups is 1. The van der Waals surface area contributed by atoms with Gasteiger partial charge in [0.25, 0.3) is 0 Å². The average molecular weight is 227 g/mol. The topological polar surface area (TPSA) is 44.4 Å². The number of carbonyl (C=O) groups excluding carboxylic acids is 1. The summed E-state index contributed by atoms with van der Waals surface area (Å²) in [7, 11) is 0. The second-order valence-electron chi connectivity index (χ2n) is 4.57. The molecule has 16 heavy (non-hydrogen) atoms. The van der Waals surface area contributed by atoms with Crippen LogP contribution in [0.3, 0.4) is 0 Å². The summed E-state index contributed by atoms with van der Waals surface area (Å²) in [6.07, 6.45) is 5.14. The summed E-state index contributed by atoms with van der Waals surface area (Å²) < 4.78 is 0. The van der Waals surface area contributed by atoms with E-state index in [0.717, 1.165) is 26.2 Å². The first-order valence-electron chi connectivity index (χ1n) is 6.50. The molecule has 94 valence electrons. The predicted molar refractivity (Wildman–Crippen MR) is 66.6 cm³/mol. The maximum atomic E-state index is 11.2. The average Bonchev–Trinajstić information content (AvgIpc) is 2.65. The third-order valence-electron chi connectivity index (χ3n) is 3.06. The van der Waals surface area contributed by atoms with Crippen LogP contribution < -0.4 is 10.6 Å². The first kappa shape index (κ1) is 13.3. The maximum Gasteiger partial charge on any atom is 0.317 e. The molecule has 2 amide bonds. The number of unbranched alkanes of at least 4 members (excludes halogenated alkanes) is 2. The number of nitrogens with zero attached hydrogens (tertiary/aromatic N) is 1. The zero-order valence-corrected chi connectivity index (χ0v) is 10.6. The van der Waals surface area contributed by atoms with E-state index in [0.29, 0.717) is 6.04 Å². The molecule has 1 aliphatic heterocycles. The van der Waals surface area contributed by atoms with Gasteiger partial charge in [0.15, 0.2) is 0 Å². The zero-order chi connectivity index (χ0) is 11.8. The third-order valence-corrected chi connectivity index (χ3v) is 3.06. The number of rotatable bonds is 8. The molecule has 0 saturated carbocycles. The minimum absolute atomic E-state index is 0.0837. The Morgan fingerprint density at radius 2 is 2.31 bits per heavy atom. The minimum atomic E-state index is 0.0837. The van der Waals surface area contributed by atoms with Crippen molar-refractivity contribution in [2.75, 3.05) is 26.2 Å². The number of nitrogens with one attached hydrogen (secondary N) is 2. The van der Waals surface area contributed by atoms with E-state index in [1.165, 1.54) is 25.7 Å². The van der Waals surface area contributed by atoms with Gasteiger partial charge in [0.05, 0.1) is 0 Å². The van der Waals surface area contributed by atoms with E-state index < -0.39 is 0 Å². The lowest BCUT2D eigenvalue weighted by Gasteiger charge is -2.17. The largest absolute Gasteiger partial charge is 0.336 e. The van der Waals surface area contributed by atoms with Crippen LogP contribution in [-0.2, 0) is 0 Å². The van der Waals surface area contributed by atoms with Gasteiger partial charge in [0.1, 0.15) is 0 Å². The molecular weight excluding hydrogens is 202 g/mol. The van der Waals surface area contributed by atoms with Crippen LogP contribution in [0, 0.1) is 0 Å². The number of hydrogen-bond acceptors (Lipinski definition) is 2. The fourth-order valence-corrected chi connectivity index (χ4v) is 1.97. The summed E-state index contributed by atoms with van der Waals surface area (Å²) in [6, 6.07) is 0.651. The molecule has 0 spiro atoms. The molecule has 1 aliphatic rings. The Labute approximate surface area is 98.8 Å². The standard InChI is InChI=1S/C12H25N3O/c1-3-4-5-6-11(2)13-7-9-15-10-8-14-12(15)16/h11,13H,3-10H2,1-2H3,(H,14,16). The van der Waals surface area contributed by atoms with Crippen LogP contribution in [0.4, 0.5) is 4.79 Å². The predicted octanol–water partition coefficient (Wildman–Crippen LogP) is 1.57. The Bertz CT molecular complexity index is 208. The highest BCUT2D eigenvalue weighted by molar-refractivity contribution is 5.76. The summed E-state index contributed by atoms with van der Waals surface area (Å²) in [5.41, 5.74) is 0. The summed E-state index contributed by atoms with van der Waals surface area (Å²) >= 11 is 0. The molecule has 1 fully saturated rings. The van der Waals surface area contributed by atoms with Gasteiger partial charge >= 0.3 is 6.03 Å². The van der Waals surface area contributed by atoms with Crippen molar-refractivity contribution in [1.29, 1.82) is 0 Å². The van der Waals surface area contributed by atoms with Crippen molar-refractivity contribution in [3.8, 4) is 0 Å². The molecule has 0 aliphatic carbocycles. The molecule has 4 nitrogen and oxygen atoms in total. The maximum absolute atomic E-state index is 11.2. The van der Waals surface area contributed by atoms with Gasteiger partial charge in [-0.3, -0.25) is 0 Å². The van der Waals surface area contributed by atoms with Crippen LogP contribution in [-0.4, -0.2) is 43.2 Å². The minimum Gasteiger partial charge on any atom is -0.336 e. The Kier molecular flexibility index (Phi) is 6.23. The van der Waals surface area contributed by atoms with Gasteiger partial charge in [-0.1, -0.05) is 26.2 Å². The molecule has 1 heterocycles. The Balaban J connectivity index is 1.99. The zero-order valence-electron chi connectivity index (χ0n) is 10.6. The van der Waals surface area contributed by atoms with Crippen molar-refractivity contribution in [1.82, 2.24) is 15.5 Å². The molecule has 2 N–H and O–H groups in total. The van der Waals surface area contributed by atoms with Gasteiger partial charge in [-0.25, -0.2) is 4.79 Å². The van der Waals surface area contributed by atoms with E-state index in [2.05, 4.69) is 24.5 Å². The van der Waals surface area contributed by atoms with Gasteiger partial charge in [-0.05, 0) is 13.3 Å². The lowest BCUT2D eigenvalue weighted by molar-refractivity contribution is 0.217. The molecule has 0 aromatic rings. The van der Waals surface area contributed by atoms with Crippen LogP contribution >= 0.6 is 0 Å². The fourth-order valence-electron chi connectivity index (χ4n) is 1.97. The van der Waals surface area contributed by atoms with E-state index in [4.69, 9.17) is 0 Å². The van der Waals surface area contributed by atoms with E-state index in [-0.39, 0.29) is 6.03 Å². The Hall–Kier alpha value is -0.770. The van der Waals surface area contributed by atoms with Crippen molar-refractivity contribution in [3.05, 3.63) is 0 Å². The SMILES string of the molecule is CCCCCC(C)NCCN1CCNC1=O. The normalized spacial score (nSPS) is 17.6. The first-order chi connectivity index (χ1) is 7.74. The molecule has 0 aromatic carbocycles. The van der Waals surface area contributed by atoms with Crippen LogP contribution in [0.15, 0.2) is 0 Å². The molecule has 0 radical (unpaired) electrons. The number of amides is 2. The molecule has 1 atom stereocenters. The molecule has 1 unspecified atom stereocenters. The van der Waals surface area contributed by atoms with Crippen molar-refractivity contribution in [3.63, 3.8) is 0 Å². The van der Waals surface area contributed by atoms with E-state index in [1.54, 1.807) is 0 Å². The van der Waals surface area contributed by atoms with Gasteiger partial charge in [-0.15, -0.1) is 0 Å². The first-order valence-corrected chi connectivity index (χ1v) is 6.50. The Morgan fingerprint density at radius 1 is 1.50 bits per heavy atom. The smallest absolute Gasteiger partial charge is 0.317 e. The van der Waals surface area contributed by atoms with Gasteiger partial charge < -0.3 is 15.5 Å². The second kappa shape index (κ2) is 7.49. The van der Waals surface area contributed by atoms with E-state index in [9.17, 15) is 4.79 Å². The molecule has 4 heteroatoms. The monoisotopic (exact) mass is 227 g/mol. The van der Waals surface area contributed by atoms with Crippen LogP contribution in [0.25, 0.3) is 0 Å². The summed E-state index contributed by atoms with van der Waals surface area (Å²) in [5, 5.41) is 6.28. The highest BCUT2D eigenvalue weighted by Gasteiger charge is 2.18. The van der Waals surface area contributed by atoms with Gasteiger partial charge in [-0.2, -0.15) is 0 Å². The Morgan fingerprint density at radius 3 is 2.94 bits per heavy atom. The molecule has 0 aromatic heterocycles. The summed E-state index contributed by atoms with van der Waals surface area (Å²) in [6.45, 7) is 7.82. The molecular formula is C12H25N3O. The highest BCUT2D eigenvalue weighted by Crippen LogP contribution is 2.02. The third kappa shape index (κ3) is 4.84. The lowest BCUT2D eigenvalue weighted by atomic mass is 10.1. The van der Waals surface area contributed by atoms with Crippen molar-refractivity contribution in [2.45, 2.75) is 45.6 Å². The van der Waals surface area contributed by atoms with Gasteiger partial charge in [0.2, 0.25) is 0 Å². The molecule has 0 bridgehead atoms. The summed E-state index contributed by atoms with van der Waals surface area (Å²) in [4.78, 5) is 13.1. The van der Waals surface area contributed by atoms with Crippen molar-refractivity contribution >= 4 is 6.03 Å². The highest BCUT2D eigenvalue weighted by atomic mass is 16.2. The lowest BCUT2D eigenvalue weighted by Crippen LogP contribution is -2.37. The van der Waals surface area contributed by atoms with E-state index in [1.807, 2.05) is 4.90 Å².